The average molecular weight is 720 g/mol. The molecule has 0 fully saturated rings. The zero-order valence-corrected chi connectivity index (χ0v) is 27.7. The molecule has 47 heavy (non-hydrogen) atoms. The van der Waals surface area contributed by atoms with Crippen LogP contribution in [0.4, 0.5) is 5.82 Å². The topological polar surface area (TPSA) is 173 Å². The normalized spacial score (nSPS) is 10.9. The summed E-state index contributed by atoms with van der Waals surface area (Å²) in [7, 11) is -2.81. The third-order valence-electron chi connectivity index (χ3n) is 6.09. The Kier molecular flexibility index (Phi) is 10.7. The number of pyridine rings is 1. The highest BCUT2D eigenvalue weighted by molar-refractivity contribution is 9.10. The smallest absolute Gasteiger partial charge is 0.317 e. The van der Waals surface area contributed by atoms with E-state index in [0.29, 0.717) is 10.2 Å². The van der Waals surface area contributed by atoms with Gasteiger partial charge in [0.05, 0.1) is 11.6 Å². The Hall–Kier alpha value is -5.40. The molecular weight excluding hydrogens is 692 g/mol. The summed E-state index contributed by atoms with van der Waals surface area (Å²) in [5.74, 6) is 5.85. The third kappa shape index (κ3) is 8.66. The summed E-state index contributed by atoms with van der Waals surface area (Å²) >= 11 is 3.26. The van der Waals surface area contributed by atoms with Gasteiger partial charge in [-0.3, -0.25) is 4.72 Å². The van der Waals surface area contributed by atoms with Gasteiger partial charge in [0.2, 0.25) is 11.6 Å². The first-order valence-corrected chi connectivity index (χ1v) is 16.2. The van der Waals surface area contributed by atoms with Crippen molar-refractivity contribution in [1.82, 2.24) is 34.9 Å². The maximum absolute atomic E-state index is 13.6. The zero-order valence-electron chi connectivity index (χ0n) is 25.3. The van der Waals surface area contributed by atoms with Gasteiger partial charge < -0.3 is 18.9 Å². The van der Waals surface area contributed by atoms with Crippen LogP contribution in [0.1, 0.15) is 25.3 Å². The van der Waals surface area contributed by atoms with E-state index in [9.17, 15) is 8.42 Å². The van der Waals surface area contributed by atoms with Crippen molar-refractivity contribution in [2.24, 2.45) is 0 Å². The van der Waals surface area contributed by atoms with Crippen LogP contribution < -0.4 is 23.7 Å². The molecule has 4 heterocycles. The number of benzene rings is 1. The molecule has 0 radical (unpaired) electrons. The first-order chi connectivity index (χ1) is 22.7. The van der Waals surface area contributed by atoms with E-state index in [1.54, 1.807) is 48.8 Å². The minimum atomic E-state index is -4.28. The summed E-state index contributed by atoms with van der Waals surface area (Å²) < 4.78 is 53.3. The molecular formula is C31H27BrN8O6S. The Bertz CT molecular complexity index is 1990. The molecule has 5 rings (SSSR count). The molecule has 4 aromatic heterocycles. The van der Waals surface area contributed by atoms with Gasteiger partial charge in [0, 0.05) is 31.0 Å². The van der Waals surface area contributed by atoms with Gasteiger partial charge in [-0.2, -0.15) is 13.4 Å². The molecule has 0 aliphatic rings. The number of rotatable bonds is 12. The van der Waals surface area contributed by atoms with Gasteiger partial charge in [-0.25, -0.2) is 29.9 Å². The van der Waals surface area contributed by atoms with Crippen molar-refractivity contribution in [3.05, 3.63) is 83.5 Å². The number of halogens is 1. The van der Waals surface area contributed by atoms with Crippen LogP contribution in [0.2, 0.25) is 0 Å². The second-order valence-electron chi connectivity index (χ2n) is 9.66. The molecule has 0 unspecified atom stereocenters. The molecule has 1 N–H and O–H groups in total. The van der Waals surface area contributed by atoms with Crippen molar-refractivity contribution in [3.8, 4) is 52.6 Å². The quantitative estimate of drug-likeness (QED) is 0.170. The van der Waals surface area contributed by atoms with Gasteiger partial charge in [0.1, 0.15) is 0 Å². The average Bonchev–Trinajstić information content (AvgIpc) is 3.08. The van der Waals surface area contributed by atoms with Gasteiger partial charge in [-0.1, -0.05) is 43.9 Å². The van der Waals surface area contributed by atoms with Gasteiger partial charge in [0.15, 0.2) is 41.4 Å². The molecule has 0 aliphatic heterocycles. The van der Waals surface area contributed by atoms with Crippen molar-refractivity contribution in [3.63, 3.8) is 0 Å². The van der Waals surface area contributed by atoms with Crippen molar-refractivity contribution < 1.29 is 27.4 Å². The monoisotopic (exact) mass is 718 g/mol. The predicted molar refractivity (Wildman–Crippen MR) is 174 cm³/mol. The SMILES string of the molecule is COc1ccccc1Oc1c(NS(=O)(=O)c2ccc(C(C)C)cn2)nc(-c2ncccn2)nc1OCC#CCOc1ncc(Br)cn1. The van der Waals surface area contributed by atoms with Crippen LogP contribution in [0.3, 0.4) is 0 Å². The van der Waals surface area contributed by atoms with E-state index < -0.39 is 10.0 Å². The van der Waals surface area contributed by atoms with Crippen LogP contribution in [0, 0.1) is 11.8 Å². The second-order valence-corrected chi connectivity index (χ2v) is 12.2. The standard InChI is InChI=1S/C31H27BrN8O6S/c1-20(2)21-11-12-25(35-17-21)47(41,42)40-27-26(46-24-10-5-4-9-23(24)43-3)30(39-29(38-27)28-33-13-8-14-34-28)44-15-6-7-16-45-31-36-18-22(32)19-37-31/h4-5,8-14,17-20H,15-16H2,1-3H3,(H,38,39,40). The largest absolute Gasteiger partial charge is 0.493 e. The number of hydrogen-bond donors (Lipinski definition) is 1. The number of sulfonamides is 1. The molecule has 0 saturated carbocycles. The first-order valence-electron chi connectivity index (χ1n) is 13.9. The number of anilines is 1. The second kappa shape index (κ2) is 15.3. The number of para-hydroxylation sites is 2. The number of methoxy groups -OCH3 is 1. The number of hydrogen-bond acceptors (Lipinski definition) is 13. The number of nitrogens with zero attached hydrogens (tertiary/aromatic N) is 7. The van der Waals surface area contributed by atoms with Crippen LogP contribution in [0.5, 0.6) is 29.1 Å². The molecule has 0 spiro atoms. The lowest BCUT2D eigenvalue weighted by atomic mass is 10.1. The maximum Gasteiger partial charge on any atom is 0.317 e. The fraction of sp³-hybridized carbons (Fsp3) is 0.194. The third-order valence-corrected chi connectivity index (χ3v) is 7.75. The highest BCUT2D eigenvalue weighted by Crippen LogP contribution is 2.41. The molecule has 0 saturated heterocycles. The van der Waals surface area contributed by atoms with Gasteiger partial charge >= 0.3 is 6.01 Å². The fourth-order valence-corrected chi connectivity index (χ4v) is 4.91. The first kappa shape index (κ1) is 33.0. The van der Waals surface area contributed by atoms with E-state index in [1.165, 1.54) is 31.8 Å². The van der Waals surface area contributed by atoms with E-state index >= 15 is 0 Å². The van der Waals surface area contributed by atoms with Crippen molar-refractivity contribution in [2.45, 2.75) is 24.8 Å². The Labute approximate surface area is 279 Å². The van der Waals surface area contributed by atoms with E-state index in [1.807, 2.05) is 13.8 Å². The summed E-state index contributed by atoms with van der Waals surface area (Å²) in [4.78, 5) is 29.5. The summed E-state index contributed by atoms with van der Waals surface area (Å²) in [6, 6.07) is 11.7. The van der Waals surface area contributed by atoms with E-state index in [-0.39, 0.29) is 65.0 Å². The van der Waals surface area contributed by atoms with Crippen LogP contribution in [0.15, 0.2) is 82.9 Å². The lowest BCUT2D eigenvalue weighted by Crippen LogP contribution is -2.17. The number of ether oxygens (including phenoxy) is 4. The summed E-state index contributed by atoms with van der Waals surface area (Å²) in [5.41, 5.74) is 0.876. The summed E-state index contributed by atoms with van der Waals surface area (Å²) in [5, 5.41) is -0.232. The van der Waals surface area contributed by atoms with Crippen molar-refractivity contribution in [2.75, 3.05) is 25.0 Å². The molecule has 0 bridgehead atoms. The minimum absolute atomic E-state index is 0.0178. The van der Waals surface area contributed by atoms with Gasteiger partial charge in [0.25, 0.3) is 15.9 Å². The van der Waals surface area contributed by atoms with Crippen molar-refractivity contribution >= 4 is 31.8 Å². The molecule has 0 amide bonds. The molecule has 5 aromatic rings. The Balaban J connectivity index is 1.52. The Morgan fingerprint density at radius 2 is 1.53 bits per heavy atom. The molecule has 14 nitrogen and oxygen atoms in total. The van der Waals surface area contributed by atoms with E-state index in [0.717, 1.165) is 5.56 Å². The number of aromatic nitrogens is 7. The fourth-order valence-electron chi connectivity index (χ4n) is 3.77. The van der Waals surface area contributed by atoms with Crippen LogP contribution >= 0.6 is 15.9 Å². The molecule has 0 atom stereocenters. The number of nitrogens with one attached hydrogen (secondary N) is 1. The van der Waals surface area contributed by atoms with Crippen LogP contribution in [-0.4, -0.2) is 63.6 Å². The van der Waals surface area contributed by atoms with Crippen LogP contribution in [0.25, 0.3) is 11.6 Å². The zero-order chi connectivity index (χ0) is 33.2. The Morgan fingerprint density at radius 3 is 2.19 bits per heavy atom. The lowest BCUT2D eigenvalue weighted by molar-refractivity contribution is 0.322. The predicted octanol–water partition coefficient (Wildman–Crippen LogP) is 5.07. The van der Waals surface area contributed by atoms with Crippen LogP contribution in [-0.2, 0) is 10.0 Å². The van der Waals surface area contributed by atoms with E-state index in [4.69, 9.17) is 18.9 Å². The minimum Gasteiger partial charge on any atom is -0.493 e. The van der Waals surface area contributed by atoms with Crippen molar-refractivity contribution in [1.29, 1.82) is 0 Å². The van der Waals surface area contributed by atoms with E-state index in [2.05, 4.69) is 67.4 Å². The Morgan fingerprint density at radius 1 is 0.830 bits per heavy atom. The maximum atomic E-state index is 13.6. The molecule has 240 valence electrons. The lowest BCUT2D eigenvalue weighted by Gasteiger charge is -2.17. The molecule has 0 aliphatic carbocycles. The highest BCUT2D eigenvalue weighted by atomic mass is 79.9. The molecule has 1 aromatic carbocycles. The summed E-state index contributed by atoms with van der Waals surface area (Å²) in [6.45, 7) is 3.75. The van der Waals surface area contributed by atoms with Gasteiger partial charge in [-0.15, -0.1) is 0 Å². The van der Waals surface area contributed by atoms with Gasteiger partial charge in [-0.05, 0) is 51.7 Å². The highest BCUT2D eigenvalue weighted by Gasteiger charge is 2.26. The summed E-state index contributed by atoms with van der Waals surface area (Å²) in [6.07, 6.45) is 7.60. The molecule has 16 heteroatoms.